The lowest BCUT2D eigenvalue weighted by atomic mass is 10.0. The summed E-state index contributed by atoms with van der Waals surface area (Å²) in [5.41, 5.74) is 1.25. The van der Waals surface area contributed by atoms with Gasteiger partial charge in [-0.3, -0.25) is 0 Å². The van der Waals surface area contributed by atoms with E-state index in [1.165, 1.54) is 5.56 Å². The molecule has 0 saturated carbocycles. The Hall–Kier alpha value is -0.800. The van der Waals surface area contributed by atoms with Gasteiger partial charge in [0.2, 0.25) is 0 Å². The minimum Gasteiger partial charge on any atom is -0.496 e. The zero-order chi connectivity index (χ0) is 11.4. The molecule has 86 valence electrons. The van der Waals surface area contributed by atoms with Crippen LogP contribution < -0.4 is 5.32 Å². The van der Waals surface area contributed by atoms with Crippen molar-refractivity contribution in [3.63, 3.8) is 0 Å². The summed E-state index contributed by atoms with van der Waals surface area (Å²) in [5.74, 6) is 1.06. The maximum Gasteiger partial charge on any atom is 0.114 e. The fraction of sp³-hybridized carbons (Fsp3) is 0.385. The van der Waals surface area contributed by atoms with Gasteiger partial charge in [0.05, 0.1) is 12.6 Å². The third kappa shape index (κ3) is 2.66. The largest absolute Gasteiger partial charge is 0.496 e. The third-order valence-electron chi connectivity index (χ3n) is 2.63. The summed E-state index contributed by atoms with van der Waals surface area (Å²) in [6.07, 6.45) is 3.20. The van der Waals surface area contributed by atoms with Crippen molar-refractivity contribution in [3.8, 4) is 0 Å². The van der Waals surface area contributed by atoms with Crippen LogP contribution in [0.4, 0.5) is 0 Å². The predicted molar refractivity (Wildman–Crippen MR) is 69.2 cm³/mol. The minimum atomic E-state index is 0.195. The molecule has 16 heavy (non-hydrogen) atoms. The number of ether oxygens (including phenoxy) is 1. The molecule has 1 heterocycles. The normalized spacial score (nSPS) is 16.8. The first-order valence-corrected chi connectivity index (χ1v) is 6.42. The fourth-order valence-electron chi connectivity index (χ4n) is 1.88. The summed E-state index contributed by atoms with van der Waals surface area (Å²) >= 11 is 3.45. The van der Waals surface area contributed by atoms with Gasteiger partial charge < -0.3 is 10.1 Å². The van der Waals surface area contributed by atoms with Gasteiger partial charge in [-0.2, -0.15) is 0 Å². The second kappa shape index (κ2) is 5.51. The monoisotopic (exact) mass is 281 g/mol. The average Bonchev–Trinajstić information content (AvgIpc) is 2.81. The number of nitrogens with one attached hydrogen (secondary N) is 1. The first-order chi connectivity index (χ1) is 7.81. The van der Waals surface area contributed by atoms with E-state index in [-0.39, 0.29) is 6.04 Å². The van der Waals surface area contributed by atoms with Crippen LogP contribution in [0.15, 0.2) is 40.6 Å². The van der Waals surface area contributed by atoms with Crippen molar-refractivity contribution < 1.29 is 4.74 Å². The van der Waals surface area contributed by atoms with E-state index in [0.29, 0.717) is 0 Å². The molecule has 0 amide bonds. The molecule has 2 nitrogen and oxygen atoms in total. The van der Waals surface area contributed by atoms with Crippen LogP contribution in [-0.4, -0.2) is 13.2 Å². The highest BCUT2D eigenvalue weighted by Gasteiger charge is 2.19. The Bertz CT molecular complexity index is 372. The molecule has 0 fully saturated rings. The molecule has 1 N–H and O–H groups in total. The molecule has 1 aromatic rings. The number of rotatable bonds is 4. The molecular weight excluding hydrogens is 266 g/mol. The molecule has 3 heteroatoms. The van der Waals surface area contributed by atoms with E-state index in [4.69, 9.17) is 4.74 Å². The van der Waals surface area contributed by atoms with Gasteiger partial charge in [0.15, 0.2) is 0 Å². The van der Waals surface area contributed by atoms with Gasteiger partial charge in [0, 0.05) is 10.9 Å². The number of hydrogen-bond donors (Lipinski definition) is 1. The zero-order valence-corrected chi connectivity index (χ0v) is 11.0. The number of halogens is 1. The van der Waals surface area contributed by atoms with Gasteiger partial charge in [0.1, 0.15) is 5.76 Å². The van der Waals surface area contributed by atoms with Gasteiger partial charge in [-0.15, -0.1) is 0 Å². The van der Waals surface area contributed by atoms with Crippen LogP contribution >= 0.6 is 15.9 Å². The van der Waals surface area contributed by atoms with E-state index in [1.54, 1.807) is 0 Å². The predicted octanol–water partition coefficient (Wildman–Crippen LogP) is 3.40. The van der Waals surface area contributed by atoms with Crippen LogP contribution in [0.5, 0.6) is 0 Å². The molecular formula is C13H16BrNO. The Kier molecular flexibility index (Phi) is 4.02. The first kappa shape index (κ1) is 11.7. The Morgan fingerprint density at radius 3 is 2.69 bits per heavy atom. The van der Waals surface area contributed by atoms with Crippen molar-refractivity contribution in [2.45, 2.75) is 19.4 Å². The van der Waals surface area contributed by atoms with Gasteiger partial charge in [-0.05, 0) is 30.3 Å². The number of benzene rings is 1. The first-order valence-electron chi connectivity index (χ1n) is 5.63. The van der Waals surface area contributed by atoms with Gasteiger partial charge in [-0.25, -0.2) is 0 Å². The quantitative estimate of drug-likeness (QED) is 0.913. The van der Waals surface area contributed by atoms with E-state index in [1.807, 2.05) is 0 Å². The highest BCUT2D eigenvalue weighted by Crippen LogP contribution is 2.27. The summed E-state index contributed by atoms with van der Waals surface area (Å²) in [6, 6.07) is 8.57. The molecule has 1 atom stereocenters. The van der Waals surface area contributed by atoms with Crippen molar-refractivity contribution in [1.29, 1.82) is 0 Å². The molecule has 0 aromatic heterocycles. The second-order valence-electron chi connectivity index (χ2n) is 3.79. The Balaban J connectivity index is 2.21. The topological polar surface area (TPSA) is 21.3 Å². The van der Waals surface area contributed by atoms with Crippen LogP contribution in [0.25, 0.3) is 0 Å². The van der Waals surface area contributed by atoms with Crippen molar-refractivity contribution in [1.82, 2.24) is 5.32 Å². The standard InChI is InChI=1S/C13H16BrNO/c1-2-15-13(12-4-3-9-16-12)10-5-7-11(14)8-6-10/h4-8,13,15H,2-3,9H2,1H3. The molecule has 0 saturated heterocycles. The van der Waals surface area contributed by atoms with Gasteiger partial charge in [-0.1, -0.05) is 35.0 Å². The van der Waals surface area contributed by atoms with Crippen molar-refractivity contribution in [2.24, 2.45) is 0 Å². The van der Waals surface area contributed by atoms with Crippen molar-refractivity contribution in [3.05, 3.63) is 46.1 Å². The third-order valence-corrected chi connectivity index (χ3v) is 3.16. The lowest BCUT2D eigenvalue weighted by molar-refractivity contribution is 0.216. The summed E-state index contributed by atoms with van der Waals surface area (Å²) in [7, 11) is 0. The molecule has 1 aliphatic heterocycles. The molecule has 0 aliphatic carbocycles. The van der Waals surface area contributed by atoms with E-state index in [9.17, 15) is 0 Å². The molecule has 1 aromatic carbocycles. The smallest absolute Gasteiger partial charge is 0.114 e. The Morgan fingerprint density at radius 2 is 2.12 bits per heavy atom. The van der Waals surface area contributed by atoms with Crippen LogP contribution in [-0.2, 0) is 4.74 Å². The molecule has 0 radical (unpaired) electrons. The lowest BCUT2D eigenvalue weighted by Crippen LogP contribution is -2.23. The Morgan fingerprint density at radius 1 is 1.38 bits per heavy atom. The SMILES string of the molecule is CCNC(C1=CCCO1)c1ccc(Br)cc1. The highest BCUT2D eigenvalue weighted by molar-refractivity contribution is 9.10. The number of likely N-dealkylation sites (N-methyl/N-ethyl adjacent to an activating group) is 1. The molecule has 1 unspecified atom stereocenters. The highest BCUT2D eigenvalue weighted by atomic mass is 79.9. The summed E-state index contributed by atoms with van der Waals surface area (Å²) in [4.78, 5) is 0. The van der Waals surface area contributed by atoms with E-state index < -0.39 is 0 Å². The Labute approximate surface area is 105 Å². The van der Waals surface area contributed by atoms with E-state index in [2.05, 4.69) is 58.5 Å². The van der Waals surface area contributed by atoms with Crippen LogP contribution in [0.3, 0.4) is 0 Å². The average molecular weight is 282 g/mol. The maximum atomic E-state index is 5.64. The van der Waals surface area contributed by atoms with Crippen LogP contribution in [0, 0.1) is 0 Å². The van der Waals surface area contributed by atoms with E-state index >= 15 is 0 Å². The van der Waals surface area contributed by atoms with Gasteiger partial charge in [0.25, 0.3) is 0 Å². The summed E-state index contributed by atoms with van der Waals surface area (Å²) < 4.78 is 6.74. The van der Waals surface area contributed by atoms with Gasteiger partial charge >= 0.3 is 0 Å². The summed E-state index contributed by atoms with van der Waals surface area (Å²) in [6.45, 7) is 3.86. The van der Waals surface area contributed by atoms with Crippen LogP contribution in [0.2, 0.25) is 0 Å². The fourth-order valence-corrected chi connectivity index (χ4v) is 2.14. The maximum absolute atomic E-state index is 5.64. The number of hydrogen-bond acceptors (Lipinski definition) is 2. The van der Waals surface area contributed by atoms with Crippen molar-refractivity contribution >= 4 is 15.9 Å². The molecule has 2 rings (SSSR count). The van der Waals surface area contributed by atoms with Crippen LogP contribution in [0.1, 0.15) is 24.9 Å². The molecule has 1 aliphatic rings. The lowest BCUT2D eigenvalue weighted by Gasteiger charge is -2.19. The summed E-state index contributed by atoms with van der Waals surface area (Å²) in [5, 5.41) is 3.45. The second-order valence-corrected chi connectivity index (χ2v) is 4.70. The minimum absolute atomic E-state index is 0.195. The zero-order valence-electron chi connectivity index (χ0n) is 9.37. The van der Waals surface area contributed by atoms with Crippen molar-refractivity contribution in [2.75, 3.05) is 13.2 Å². The molecule has 0 spiro atoms. The van der Waals surface area contributed by atoms with E-state index in [0.717, 1.165) is 29.8 Å². The molecule has 0 bridgehead atoms.